The van der Waals surface area contributed by atoms with Crippen molar-refractivity contribution in [3.8, 4) is 0 Å². The first-order valence-electron chi connectivity index (χ1n) is 9.68. The van der Waals surface area contributed by atoms with Crippen LogP contribution in [0.3, 0.4) is 0 Å². The van der Waals surface area contributed by atoms with Crippen molar-refractivity contribution in [2.45, 2.75) is 68.3 Å². The lowest BCUT2D eigenvalue weighted by molar-refractivity contribution is 0.0953. The van der Waals surface area contributed by atoms with Crippen molar-refractivity contribution < 1.29 is 13.2 Å². The van der Waals surface area contributed by atoms with Gasteiger partial charge in [0, 0.05) is 30.7 Å². The summed E-state index contributed by atoms with van der Waals surface area (Å²) < 4.78 is 26.9. The van der Waals surface area contributed by atoms with Gasteiger partial charge in [-0.1, -0.05) is 25.7 Å². The Morgan fingerprint density at radius 2 is 1.54 bits per heavy atom. The highest BCUT2D eigenvalue weighted by atomic mass is 32.2. The third-order valence-corrected chi connectivity index (χ3v) is 6.56. The predicted molar refractivity (Wildman–Crippen MR) is 102 cm³/mol. The van der Waals surface area contributed by atoms with Gasteiger partial charge in [0.15, 0.2) is 0 Å². The first kappa shape index (κ1) is 19.3. The molecule has 2 aliphatic carbocycles. The van der Waals surface area contributed by atoms with E-state index in [-0.39, 0.29) is 16.8 Å². The summed E-state index contributed by atoms with van der Waals surface area (Å²) in [4.78, 5) is 12.4. The molecule has 0 atom stereocenters. The van der Waals surface area contributed by atoms with Gasteiger partial charge in [-0.05, 0) is 49.9 Å². The molecule has 0 heterocycles. The highest BCUT2D eigenvalue weighted by molar-refractivity contribution is 7.89. The van der Waals surface area contributed by atoms with Gasteiger partial charge in [-0.15, -0.1) is 0 Å². The van der Waals surface area contributed by atoms with Gasteiger partial charge in [0.1, 0.15) is 0 Å². The van der Waals surface area contributed by atoms with E-state index >= 15 is 0 Å². The van der Waals surface area contributed by atoms with E-state index in [1.54, 1.807) is 12.1 Å². The number of benzene rings is 1. The maximum Gasteiger partial charge on any atom is 0.251 e. The number of hydrogen-bond acceptors (Lipinski definition) is 4. The Kier molecular flexibility index (Phi) is 6.67. The Morgan fingerprint density at radius 3 is 2.15 bits per heavy atom. The summed E-state index contributed by atoms with van der Waals surface area (Å²) in [5, 5.41) is 6.41. The van der Waals surface area contributed by atoms with Crippen molar-refractivity contribution in [1.82, 2.24) is 15.4 Å². The maximum absolute atomic E-state index is 12.2. The van der Waals surface area contributed by atoms with E-state index in [9.17, 15) is 13.2 Å². The van der Waals surface area contributed by atoms with Gasteiger partial charge in [-0.25, -0.2) is 13.1 Å². The molecule has 1 amide bonds. The highest BCUT2D eigenvalue weighted by Gasteiger charge is 2.27. The fourth-order valence-corrected chi connectivity index (χ4v) is 4.62. The molecule has 0 spiro atoms. The van der Waals surface area contributed by atoms with Crippen LogP contribution in [0.2, 0.25) is 0 Å². The molecule has 26 heavy (non-hydrogen) atoms. The first-order valence-corrected chi connectivity index (χ1v) is 11.2. The van der Waals surface area contributed by atoms with Crippen LogP contribution in [0.15, 0.2) is 29.2 Å². The van der Waals surface area contributed by atoms with Gasteiger partial charge < -0.3 is 10.6 Å². The van der Waals surface area contributed by atoms with Crippen LogP contribution in [0.1, 0.15) is 61.7 Å². The molecule has 6 nitrogen and oxygen atoms in total. The van der Waals surface area contributed by atoms with E-state index in [0.29, 0.717) is 18.2 Å². The van der Waals surface area contributed by atoms with E-state index in [1.807, 2.05) is 0 Å². The van der Waals surface area contributed by atoms with Crippen LogP contribution in [0.4, 0.5) is 0 Å². The number of hydrogen-bond donors (Lipinski definition) is 3. The standard InChI is InChI=1S/C19H29N3O3S/c23-19(21-14-13-20-16-5-3-1-2-4-6-16)15-7-11-18(12-8-15)26(24,25)22-17-9-10-17/h7-8,11-12,16-17,20,22H,1-6,9-10,13-14H2,(H,21,23). The van der Waals surface area contributed by atoms with Gasteiger partial charge in [0.2, 0.25) is 10.0 Å². The average Bonchev–Trinajstić information content (AvgIpc) is 3.46. The molecule has 2 saturated carbocycles. The molecular formula is C19H29N3O3S. The van der Waals surface area contributed by atoms with Crippen molar-refractivity contribution in [1.29, 1.82) is 0 Å². The molecular weight excluding hydrogens is 350 g/mol. The molecule has 1 aromatic carbocycles. The largest absolute Gasteiger partial charge is 0.351 e. The highest BCUT2D eigenvalue weighted by Crippen LogP contribution is 2.22. The lowest BCUT2D eigenvalue weighted by atomic mass is 10.1. The molecule has 0 aromatic heterocycles. The summed E-state index contributed by atoms with van der Waals surface area (Å²) in [5.74, 6) is -0.174. The zero-order chi connectivity index (χ0) is 18.4. The first-order chi connectivity index (χ1) is 12.5. The Morgan fingerprint density at radius 1 is 0.885 bits per heavy atom. The van der Waals surface area contributed by atoms with Crippen LogP contribution in [0.25, 0.3) is 0 Å². The molecule has 2 fully saturated rings. The zero-order valence-corrected chi connectivity index (χ0v) is 16.0. The number of carbonyl (C=O) groups is 1. The number of rotatable bonds is 8. The topological polar surface area (TPSA) is 87.3 Å². The van der Waals surface area contributed by atoms with Gasteiger partial charge in [-0.2, -0.15) is 0 Å². The van der Waals surface area contributed by atoms with E-state index in [2.05, 4.69) is 15.4 Å². The van der Waals surface area contributed by atoms with Crippen LogP contribution in [0, 0.1) is 0 Å². The molecule has 0 unspecified atom stereocenters. The summed E-state index contributed by atoms with van der Waals surface area (Å²) in [7, 11) is -3.47. The Balaban J connectivity index is 1.42. The molecule has 144 valence electrons. The van der Waals surface area contributed by atoms with Crippen molar-refractivity contribution in [3.63, 3.8) is 0 Å². The second-order valence-electron chi connectivity index (χ2n) is 7.32. The van der Waals surface area contributed by atoms with Crippen molar-refractivity contribution in [2.24, 2.45) is 0 Å². The summed E-state index contributed by atoms with van der Waals surface area (Å²) in [5.41, 5.74) is 0.477. The molecule has 7 heteroatoms. The normalized spacial score (nSPS) is 19.1. The zero-order valence-electron chi connectivity index (χ0n) is 15.2. The third-order valence-electron chi connectivity index (χ3n) is 5.02. The number of nitrogens with one attached hydrogen (secondary N) is 3. The van der Waals surface area contributed by atoms with Crippen LogP contribution in [-0.2, 0) is 10.0 Å². The predicted octanol–water partition coefficient (Wildman–Crippen LogP) is 2.17. The molecule has 0 bridgehead atoms. The Labute approximate surface area is 156 Å². The van der Waals surface area contributed by atoms with Crippen molar-refractivity contribution in [3.05, 3.63) is 29.8 Å². The fraction of sp³-hybridized carbons (Fsp3) is 0.632. The Hall–Kier alpha value is -1.44. The molecule has 3 N–H and O–H groups in total. The second kappa shape index (κ2) is 8.97. The van der Waals surface area contributed by atoms with Crippen LogP contribution >= 0.6 is 0 Å². The number of carbonyl (C=O) groups excluding carboxylic acids is 1. The molecule has 0 saturated heterocycles. The van der Waals surface area contributed by atoms with Gasteiger partial charge in [-0.3, -0.25) is 4.79 Å². The summed E-state index contributed by atoms with van der Waals surface area (Å²) in [6.07, 6.45) is 9.47. The minimum Gasteiger partial charge on any atom is -0.351 e. The van der Waals surface area contributed by atoms with Gasteiger partial charge in [0.05, 0.1) is 4.90 Å². The molecule has 1 aromatic rings. The van der Waals surface area contributed by atoms with E-state index in [0.717, 1.165) is 19.4 Å². The van der Waals surface area contributed by atoms with Crippen LogP contribution in [0.5, 0.6) is 0 Å². The van der Waals surface area contributed by atoms with Gasteiger partial charge in [0.25, 0.3) is 5.91 Å². The van der Waals surface area contributed by atoms with Crippen molar-refractivity contribution >= 4 is 15.9 Å². The molecule has 3 rings (SSSR count). The lowest BCUT2D eigenvalue weighted by Gasteiger charge is -2.16. The number of amides is 1. The third kappa shape index (κ3) is 5.79. The lowest BCUT2D eigenvalue weighted by Crippen LogP contribution is -2.36. The second-order valence-corrected chi connectivity index (χ2v) is 9.03. The van der Waals surface area contributed by atoms with Crippen molar-refractivity contribution in [2.75, 3.05) is 13.1 Å². The monoisotopic (exact) mass is 379 g/mol. The SMILES string of the molecule is O=C(NCCNC1CCCCCC1)c1ccc(S(=O)(=O)NC2CC2)cc1. The smallest absolute Gasteiger partial charge is 0.251 e. The minimum absolute atomic E-state index is 0.0731. The summed E-state index contributed by atoms with van der Waals surface area (Å²) >= 11 is 0. The summed E-state index contributed by atoms with van der Waals surface area (Å²) in [6.45, 7) is 1.33. The quantitative estimate of drug-likeness (QED) is 0.477. The van der Waals surface area contributed by atoms with Gasteiger partial charge >= 0.3 is 0 Å². The maximum atomic E-state index is 12.2. The van der Waals surface area contributed by atoms with E-state index in [4.69, 9.17) is 0 Å². The average molecular weight is 380 g/mol. The fourth-order valence-electron chi connectivity index (χ4n) is 3.31. The number of sulfonamides is 1. The molecule has 0 radical (unpaired) electrons. The molecule has 2 aliphatic rings. The minimum atomic E-state index is -3.47. The van der Waals surface area contributed by atoms with E-state index < -0.39 is 10.0 Å². The van der Waals surface area contributed by atoms with E-state index in [1.165, 1.54) is 50.7 Å². The Bertz CT molecular complexity index is 691. The van der Waals surface area contributed by atoms with Crippen LogP contribution in [-0.4, -0.2) is 39.5 Å². The molecule has 0 aliphatic heterocycles. The summed E-state index contributed by atoms with van der Waals surface area (Å²) in [6, 6.07) is 6.75. The van der Waals surface area contributed by atoms with Crippen LogP contribution < -0.4 is 15.4 Å².